The molecule has 0 fully saturated rings. The highest BCUT2D eigenvalue weighted by atomic mass is 32.1. The van der Waals surface area contributed by atoms with Crippen LogP contribution < -0.4 is 4.90 Å². The van der Waals surface area contributed by atoms with E-state index in [1.807, 2.05) is 0 Å². The number of amides is 1. The quantitative estimate of drug-likeness (QED) is 0.735. The molecule has 0 aliphatic carbocycles. The van der Waals surface area contributed by atoms with Gasteiger partial charge in [0.05, 0.1) is 0 Å². The first kappa shape index (κ1) is 15.4. The van der Waals surface area contributed by atoms with Gasteiger partial charge < -0.3 is 4.90 Å². The van der Waals surface area contributed by atoms with Gasteiger partial charge in [-0.15, -0.1) is 15.3 Å². The van der Waals surface area contributed by atoms with Crippen molar-refractivity contribution in [2.45, 2.75) is 13.1 Å². The molecule has 3 aromatic rings. The van der Waals surface area contributed by atoms with Crippen LogP contribution in [-0.2, 0) is 6.18 Å². The summed E-state index contributed by atoms with van der Waals surface area (Å²) in [6, 6.07) is 8.82. The highest BCUT2D eigenvalue weighted by molar-refractivity contribution is 7.18. The van der Waals surface area contributed by atoms with Crippen LogP contribution in [-0.4, -0.2) is 32.3 Å². The van der Waals surface area contributed by atoms with Crippen LogP contribution in [0.5, 0.6) is 0 Å². The third-order valence-electron chi connectivity index (χ3n) is 3.06. The number of anilines is 1. The second kappa shape index (κ2) is 5.61. The zero-order valence-electron chi connectivity index (χ0n) is 11.8. The first-order chi connectivity index (χ1) is 10.9. The van der Waals surface area contributed by atoms with Crippen LogP contribution in [0.1, 0.15) is 22.6 Å². The Balaban J connectivity index is 1.99. The molecule has 120 valence electrons. The summed E-state index contributed by atoms with van der Waals surface area (Å²) in [6.07, 6.45) is -4.68. The lowest BCUT2D eigenvalue weighted by Crippen LogP contribution is -2.30. The van der Waals surface area contributed by atoms with Crippen molar-refractivity contribution in [3.05, 3.63) is 41.2 Å². The number of hydrogen-bond acceptors (Lipinski definition) is 5. The van der Waals surface area contributed by atoms with Crippen molar-refractivity contribution in [3.8, 4) is 0 Å². The zero-order chi connectivity index (χ0) is 16.6. The second-order valence-electron chi connectivity index (χ2n) is 4.51. The van der Waals surface area contributed by atoms with Crippen molar-refractivity contribution < 1.29 is 18.0 Å². The summed E-state index contributed by atoms with van der Waals surface area (Å²) in [6.45, 7) is 2.13. The molecule has 0 spiro atoms. The molecule has 1 amide bonds. The van der Waals surface area contributed by atoms with E-state index in [9.17, 15) is 18.0 Å². The largest absolute Gasteiger partial charge is 0.453 e. The molecule has 6 nitrogen and oxygen atoms in total. The maximum absolute atomic E-state index is 12.8. The number of halogens is 3. The average molecular weight is 341 g/mol. The lowest BCUT2D eigenvalue weighted by molar-refractivity contribution is -0.146. The molecular formula is C13H10F3N5OS. The number of nitrogens with zero attached hydrogens (tertiary/aromatic N) is 5. The fourth-order valence-corrected chi connectivity index (χ4v) is 2.84. The Morgan fingerprint density at radius 2 is 1.96 bits per heavy atom. The number of fused-ring (bicyclic) bond motifs is 1. The Morgan fingerprint density at radius 3 is 2.57 bits per heavy atom. The first-order valence-electron chi connectivity index (χ1n) is 6.58. The zero-order valence-corrected chi connectivity index (χ0v) is 12.6. The molecule has 0 radical (unpaired) electrons. The van der Waals surface area contributed by atoms with E-state index >= 15 is 0 Å². The molecule has 0 unspecified atom stereocenters. The summed E-state index contributed by atoms with van der Waals surface area (Å²) in [7, 11) is 0. The van der Waals surface area contributed by atoms with Crippen LogP contribution in [0.2, 0.25) is 0 Å². The second-order valence-corrected chi connectivity index (χ2v) is 5.46. The maximum atomic E-state index is 12.8. The molecule has 3 rings (SSSR count). The van der Waals surface area contributed by atoms with Gasteiger partial charge in [-0.3, -0.25) is 4.79 Å². The van der Waals surface area contributed by atoms with Crippen LogP contribution in [0.4, 0.5) is 18.9 Å². The van der Waals surface area contributed by atoms with Crippen molar-refractivity contribution in [2.75, 3.05) is 11.4 Å². The lowest BCUT2D eigenvalue weighted by atomic mass is 10.3. The molecule has 0 saturated heterocycles. The summed E-state index contributed by atoms with van der Waals surface area (Å²) in [5, 5.41) is 10.1. The van der Waals surface area contributed by atoms with Crippen LogP contribution in [0, 0.1) is 0 Å². The summed E-state index contributed by atoms with van der Waals surface area (Å²) in [5.41, 5.74) is 0.641. The van der Waals surface area contributed by atoms with E-state index in [0.717, 1.165) is 11.3 Å². The summed E-state index contributed by atoms with van der Waals surface area (Å²) in [4.78, 5) is 13.9. The fourth-order valence-electron chi connectivity index (χ4n) is 2.05. The van der Waals surface area contributed by atoms with Crippen molar-refractivity contribution >= 4 is 27.9 Å². The predicted molar refractivity (Wildman–Crippen MR) is 77.5 cm³/mol. The van der Waals surface area contributed by atoms with Crippen molar-refractivity contribution in [3.63, 3.8) is 0 Å². The molecule has 23 heavy (non-hydrogen) atoms. The van der Waals surface area contributed by atoms with E-state index in [1.165, 1.54) is 4.90 Å². The minimum atomic E-state index is -4.68. The average Bonchev–Trinajstić information content (AvgIpc) is 3.07. The molecular weight excluding hydrogens is 331 g/mol. The van der Waals surface area contributed by atoms with E-state index in [2.05, 4.69) is 15.3 Å². The van der Waals surface area contributed by atoms with Crippen LogP contribution in [0.3, 0.4) is 0 Å². The number of carbonyl (C=O) groups excluding carboxylic acids is 1. The van der Waals surface area contributed by atoms with Crippen molar-refractivity contribution in [1.82, 2.24) is 19.8 Å². The first-order valence-corrected chi connectivity index (χ1v) is 7.40. The minimum absolute atomic E-state index is 0.0777. The number of hydrogen-bond donors (Lipinski definition) is 0. The number of alkyl halides is 3. The van der Waals surface area contributed by atoms with Crippen molar-refractivity contribution in [1.29, 1.82) is 0 Å². The van der Waals surface area contributed by atoms with E-state index in [-0.39, 0.29) is 9.97 Å². The Labute approximate surface area is 132 Å². The van der Waals surface area contributed by atoms with Crippen LogP contribution in [0.15, 0.2) is 30.3 Å². The lowest BCUT2D eigenvalue weighted by Gasteiger charge is -2.19. The normalized spacial score (nSPS) is 11.8. The molecule has 1 aromatic carbocycles. The van der Waals surface area contributed by atoms with Gasteiger partial charge in [-0.25, -0.2) is 0 Å². The highest BCUT2D eigenvalue weighted by Gasteiger charge is 2.38. The number of aromatic nitrogens is 4. The van der Waals surface area contributed by atoms with E-state index in [1.54, 1.807) is 37.3 Å². The van der Waals surface area contributed by atoms with Gasteiger partial charge >= 0.3 is 6.18 Å². The summed E-state index contributed by atoms with van der Waals surface area (Å²) in [5.74, 6) is -1.73. The summed E-state index contributed by atoms with van der Waals surface area (Å²) >= 11 is 0.768. The van der Waals surface area contributed by atoms with E-state index in [0.29, 0.717) is 16.7 Å². The van der Waals surface area contributed by atoms with Crippen LogP contribution >= 0.6 is 11.3 Å². The molecule has 10 heteroatoms. The van der Waals surface area contributed by atoms with Gasteiger partial charge in [0, 0.05) is 12.2 Å². The fraction of sp³-hybridized carbons (Fsp3) is 0.231. The number of para-hydroxylation sites is 1. The van der Waals surface area contributed by atoms with E-state index < -0.39 is 17.9 Å². The van der Waals surface area contributed by atoms with E-state index in [4.69, 9.17) is 0 Å². The van der Waals surface area contributed by atoms with Gasteiger partial charge in [-0.2, -0.15) is 17.7 Å². The molecule has 2 aromatic heterocycles. The molecule has 0 aliphatic rings. The molecule has 0 aliphatic heterocycles. The Hall–Kier alpha value is -2.49. The molecule has 0 N–H and O–H groups in total. The monoisotopic (exact) mass is 341 g/mol. The third kappa shape index (κ3) is 2.77. The molecule has 0 atom stereocenters. The van der Waals surface area contributed by atoms with Gasteiger partial charge in [0.25, 0.3) is 11.7 Å². The van der Waals surface area contributed by atoms with Gasteiger partial charge in [0.15, 0.2) is 0 Å². The standard InChI is InChI=1S/C13H10F3N5OS/c1-2-20(8-6-4-3-5-7-8)10(22)9-19-21-11(13(14,15)16)17-18-12(21)23-9/h3-7H,2H2,1H3. The van der Waals surface area contributed by atoms with Crippen LogP contribution in [0.25, 0.3) is 4.96 Å². The smallest absolute Gasteiger partial charge is 0.307 e. The minimum Gasteiger partial charge on any atom is -0.307 e. The van der Waals surface area contributed by atoms with Gasteiger partial charge in [-0.05, 0) is 19.1 Å². The van der Waals surface area contributed by atoms with Gasteiger partial charge in [0.1, 0.15) is 0 Å². The van der Waals surface area contributed by atoms with Gasteiger partial charge in [-0.1, -0.05) is 29.5 Å². The van der Waals surface area contributed by atoms with Gasteiger partial charge in [0.2, 0.25) is 9.97 Å². The number of carbonyl (C=O) groups is 1. The SMILES string of the molecule is CCN(C(=O)c1nn2c(C(F)(F)F)nnc2s1)c1ccccc1. The Morgan fingerprint density at radius 1 is 1.26 bits per heavy atom. The Bertz CT molecular complexity index is 842. The predicted octanol–water partition coefficient (Wildman–Crippen LogP) is 2.87. The van der Waals surface area contributed by atoms with Crippen molar-refractivity contribution in [2.24, 2.45) is 0 Å². The number of benzene rings is 1. The maximum Gasteiger partial charge on any atom is 0.453 e. The summed E-state index contributed by atoms with van der Waals surface area (Å²) < 4.78 is 38.9. The Kier molecular flexibility index (Phi) is 3.76. The molecule has 0 saturated carbocycles. The third-order valence-corrected chi connectivity index (χ3v) is 3.94. The molecule has 0 bridgehead atoms. The highest BCUT2D eigenvalue weighted by Crippen LogP contribution is 2.29. The number of rotatable bonds is 3. The molecule has 2 heterocycles. The topological polar surface area (TPSA) is 63.4 Å².